The van der Waals surface area contributed by atoms with E-state index in [9.17, 15) is 14.4 Å². The molecular weight excluding hydrogens is 440 g/mol. The van der Waals surface area contributed by atoms with Crippen molar-refractivity contribution in [3.8, 4) is 0 Å². The monoisotopic (exact) mass is 464 g/mol. The summed E-state index contributed by atoms with van der Waals surface area (Å²) in [5.74, 6) is -0.0600. The minimum Gasteiger partial charge on any atom is -0.338 e. The Morgan fingerprint density at radius 3 is 2.69 bits per heavy atom. The molecule has 1 N–H and O–H groups in total. The number of aryl methyl sites for hydroxylation is 1. The number of rotatable bonds is 6. The number of hydrogen-bond acceptors (Lipinski definition) is 5. The normalized spacial score (nSPS) is 15.6. The van der Waals surface area contributed by atoms with E-state index < -0.39 is 0 Å². The summed E-state index contributed by atoms with van der Waals surface area (Å²) < 4.78 is 0. The van der Waals surface area contributed by atoms with Crippen molar-refractivity contribution < 1.29 is 14.4 Å². The van der Waals surface area contributed by atoms with Gasteiger partial charge in [0.25, 0.3) is 5.91 Å². The quantitative estimate of drug-likeness (QED) is 0.504. The lowest BCUT2D eigenvalue weighted by Crippen LogP contribution is -2.24. The second kappa shape index (κ2) is 9.00. The van der Waals surface area contributed by atoms with Gasteiger partial charge in [0.2, 0.25) is 11.7 Å². The minimum absolute atomic E-state index is 0.00371. The Labute approximate surface area is 195 Å². The maximum atomic E-state index is 13.3. The van der Waals surface area contributed by atoms with E-state index in [0.717, 1.165) is 49.8 Å². The van der Waals surface area contributed by atoms with Crippen LogP contribution in [0.25, 0.3) is 0 Å². The third-order valence-corrected chi connectivity index (χ3v) is 8.18. The number of benzene rings is 1. The molecule has 0 saturated carbocycles. The summed E-state index contributed by atoms with van der Waals surface area (Å²) >= 11 is 2.97. The Balaban J connectivity index is 1.41. The van der Waals surface area contributed by atoms with Crippen molar-refractivity contribution in [1.29, 1.82) is 0 Å². The number of carbonyl (C=O) groups is 3. The first-order chi connectivity index (χ1) is 15.6. The largest absolute Gasteiger partial charge is 0.338 e. The molecule has 0 atom stereocenters. The summed E-state index contributed by atoms with van der Waals surface area (Å²) in [5, 5.41) is 5.60. The van der Waals surface area contributed by atoms with Crippen LogP contribution in [0.2, 0.25) is 0 Å². The van der Waals surface area contributed by atoms with Crippen LogP contribution in [0.3, 0.4) is 0 Å². The van der Waals surface area contributed by atoms with Crippen LogP contribution < -0.4 is 5.32 Å². The van der Waals surface area contributed by atoms with E-state index >= 15 is 0 Å². The fourth-order valence-electron chi connectivity index (χ4n) is 4.50. The first-order valence-corrected chi connectivity index (χ1v) is 12.7. The number of nitrogens with one attached hydrogen (secondary N) is 1. The van der Waals surface area contributed by atoms with Crippen molar-refractivity contribution in [3.63, 3.8) is 0 Å². The van der Waals surface area contributed by atoms with Gasteiger partial charge < -0.3 is 10.2 Å². The zero-order valence-electron chi connectivity index (χ0n) is 17.7. The third kappa shape index (κ3) is 4.14. The summed E-state index contributed by atoms with van der Waals surface area (Å²) in [5.41, 5.74) is 3.25. The van der Waals surface area contributed by atoms with Crippen molar-refractivity contribution in [2.75, 3.05) is 11.9 Å². The third-order valence-electron chi connectivity index (χ3n) is 6.10. The molecule has 1 saturated heterocycles. The van der Waals surface area contributed by atoms with Crippen molar-refractivity contribution in [2.45, 2.75) is 45.1 Å². The highest BCUT2D eigenvalue weighted by molar-refractivity contribution is 7.17. The van der Waals surface area contributed by atoms with E-state index in [1.54, 1.807) is 17.4 Å². The molecule has 7 heteroatoms. The van der Waals surface area contributed by atoms with E-state index in [4.69, 9.17) is 0 Å². The summed E-state index contributed by atoms with van der Waals surface area (Å²) in [7, 11) is 0. The Hall–Kier alpha value is -2.77. The molecule has 3 aromatic rings. The SMILES string of the molecule is O=C(Nc1sc2c(c1C(=O)c1cccs1)CCCC2)c1cccc(CN2CCCC2=O)c1. The average Bonchev–Trinajstić information content (AvgIpc) is 3.54. The molecule has 0 radical (unpaired) electrons. The van der Waals surface area contributed by atoms with E-state index in [1.807, 2.05) is 40.6 Å². The fraction of sp³-hybridized carbons (Fsp3) is 0.320. The molecule has 164 valence electrons. The van der Waals surface area contributed by atoms with Gasteiger partial charge in [0.1, 0.15) is 5.00 Å². The summed E-state index contributed by atoms with van der Waals surface area (Å²) in [6.45, 7) is 1.29. The Bertz CT molecular complexity index is 1180. The van der Waals surface area contributed by atoms with E-state index in [1.165, 1.54) is 16.2 Å². The molecule has 2 amide bonds. The Morgan fingerprint density at radius 2 is 1.91 bits per heavy atom. The van der Waals surface area contributed by atoms with Crippen molar-refractivity contribution >= 4 is 45.3 Å². The van der Waals surface area contributed by atoms with Crippen LogP contribution in [0.1, 0.15) is 67.3 Å². The molecule has 1 aromatic carbocycles. The molecule has 32 heavy (non-hydrogen) atoms. The van der Waals surface area contributed by atoms with Crippen LogP contribution in [0.15, 0.2) is 41.8 Å². The highest BCUT2D eigenvalue weighted by Crippen LogP contribution is 2.40. The smallest absolute Gasteiger partial charge is 0.256 e. The lowest BCUT2D eigenvalue weighted by molar-refractivity contribution is -0.128. The van der Waals surface area contributed by atoms with Crippen molar-refractivity contribution in [1.82, 2.24) is 4.90 Å². The predicted octanol–water partition coefficient (Wildman–Crippen LogP) is 5.29. The minimum atomic E-state index is -0.224. The van der Waals surface area contributed by atoms with Crippen molar-refractivity contribution in [2.24, 2.45) is 0 Å². The van der Waals surface area contributed by atoms with Gasteiger partial charge in [-0.2, -0.15) is 0 Å². The average molecular weight is 465 g/mol. The van der Waals surface area contributed by atoms with Gasteiger partial charge in [0, 0.05) is 30.0 Å². The second-order valence-corrected chi connectivity index (χ2v) is 10.3. The number of anilines is 1. The first kappa shape index (κ1) is 21.1. The molecule has 1 aliphatic carbocycles. The van der Waals surface area contributed by atoms with Crippen LogP contribution >= 0.6 is 22.7 Å². The molecule has 5 rings (SSSR count). The molecule has 1 aliphatic heterocycles. The van der Waals surface area contributed by atoms with Gasteiger partial charge >= 0.3 is 0 Å². The molecule has 0 spiro atoms. The Kier molecular flexibility index (Phi) is 5.93. The van der Waals surface area contributed by atoms with Gasteiger partial charge in [-0.15, -0.1) is 22.7 Å². The van der Waals surface area contributed by atoms with Crippen molar-refractivity contribution in [3.05, 3.63) is 73.8 Å². The lowest BCUT2D eigenvalue weighted by Gasteiger charge is -2.16. The number of thiophene rings is 2. The number of fused-ring (bicyclic) bond motifs is 1. The highest BCUT2D eigenvalue weighted by atomic mass is 32.1. The zero-order chi connectivity index (χ0) is 22.1. The summed E-state index contributed by atoms with van der Waals surface area (Å²) in [4.78, 5) is 42.1. The van der Waals surface area contributed by atoms with E-state index in [2.05, 4.69) is 5.32 Å². The van der Waals surface area contributed by atoms with Gasteiger partial charge in [-0.1, -0.05) is 18.2 Å². The molecule has 0 unspecified atom stereocenters. The van der Waals surface area contributed by atoms with Gasteiger partial charge in [-0.25, -0.2) is 0 Å². The second-order valence-electron chi connectivity index (χ2n) is 8.29. The van der Waals surface area contributed by atoms with E-state index in [0.29, 0.717) is 34.0 Å². The maximum absolute atomic E-state index is 13.3. The van der Waals surface area contributed by atoms with Gasteiger partial charge in [-0.3, -0.25) is 14.4 Å². The van der Waals surface area contributed by atoms with Crippen LogP contribution in [0.4, 0.5) is 5.00 Å². The topological polar surface area (TPSA) is 66.5 Å². The van der Waals surface area contributed by atoms with Gasteiger partial charge in [-0.05, 0) is 66.8 Å². The van der Waals surface area contributed by atoms with Gasteiger partial charge in [0.15, 0.2) is 0 Å². The number of amides is 2. The van der Waals surface area contributed by atoms with Crippen LogP contribution in [0, 0.1) is 0 Å². The number of likely N-dealkylation sites (tertiary alicyclic amines) is 1. The number of nitrogens with zero attached hydrogens (tertiary/aromatic N) is 1. The summed E-state index contributed by atoms with van der Waals surface area (Å²) in [6, 6.07) is 11.1. The van der Waals surface area contributed by atoms with Crippen LogP contribution in [0.5, 0.6) is 0 Å². The lowest BCUT2D eigenvalue weighted by atomic mass is 9.93. The molecular formula is C25H24N2O3S2. The van der Waals surface area contributed by atoms with E-state index in [-0.39, 0.29) is 17.6 Å². The molecule has 5 nitrogen and oxygen atoms in total. The fourth-order valence-corrected chi connectivity index (χ4v) is 6.45. The molecule has 0 bridgehead atoms. The van der Waals surface area contributed by atoms with Gasteiger partial charge in [0.05, 0.1) is 10.4 Å². The summed E-state index contributed by atoms with van der Waals surface area (Å²) in [6.07, 6.45) is 5.52. The highest BCUT2D eigenvalue weighted by Gasteiger charge is 2.28. The standard InChI is InChI=1S/C25H24N2O3S2/c28-21-11-4-12-27(21)15-16-6-3-7-17(14-16)24(30)26-25-22(23(29)20-10-5-13-31-20)18-8-1-2-9-19(18)32-25/h3,5-7,10,13-14H,1-2,4,8-9,11-12,15H2,(H,26,30). The first-order valence-electron chi connectivity index (χ1n) is 11.0. The number of carbonyl (C=O) groups excluding carboxylic acids is 3. The maximum Gasteiger partial charge on any atom is 0.256 e. The predicted molar refractivity (Wildman–Crippen MR) is 128 cm³/mol. The molecule has 1 fully saturated rings. The molecule has 3 heterocycles. The molecule has 2 aromatic heterocycles. The number of ketones is 1. The Morgan fingerprint density at radius 1 is 1.03 bits per heavy atom. The van der Waals surface area contributed by atoms with Crippen LogP contribution in [-0.4, -0.2) is 29.0 Å². The molecule has 2 aliphatic rings. The number of hydrogen-bond donors (Lipinski definition) is 1. The van der Waals surface area contributed by atoms with Crippen LogP contribution in [-0.2, 0) is 24.2 Å². The zero-order valence-corrected chi connectivity index (χ0v) is 19.3.